The Morgan fingerprint density at radius 2 is 2.04 bits per heavy atom. The van der Waals surface area contributed by atoms with Crippen molar-refractivity contribution in [3.63, 3.8) is 0 Å². The highest BCUT2D eigenvalue weighted by molar-refractivity contribution is 6.04. The predicted octanol–water partition coefficient (Wildman–Crippen LogP) is 4.33. The van der Waals surface area contributed by atoms with Crippen molar-refractivity contribution in [2.45, 2.75) is 34.1 Å². The molecule has 0 aliphatic heterocycles. The van der Waals surface area contributed by atoms with Gasteiger partial charge in [-0.15, -0.1) is 0 Å². The number of hydrogen-bond donors (Lipinski definition) is 1. The quantitative estimate of drug-likeness (QED) is 0.633. The Labute approximate surface area is 165 Å². The summed E-state index contributed by atoms with van der Waals surface area (Å²) in [6.45, 7) is 7.37. The van der Waals surface area contributed by atoms with E-state index in [4.69, 9.17) is 9.47 Å². The van der Waals surface area contributed by atoms with Crippen molar-refractivity contribution in [3.8, 4) is 5.75 Å². The molecule has 0 spiro atoms. The summed E-state index contributed by atoms with van der Waals surface area (Å²) in [5.41, 5.74) is 4.42. The van der Waals surface area contributed by atoms with E-state index in [2.05, 4.69) is 23.4 Å². The van der Waals surface area contributed by atoms with Crippen LogP contribution in [0.1, 0.15) is 34.0 Å². The van der Waals surface area contributed by atoms with E-state index in [0.717, 1.165) is 16.9 Å². The lowest BCUT2D eigenvalue weighted by atomic mass is 10.1. The number of carbonyl (C=O) groups is 1. The standard InChI is InChI=1S/C22H25N3O3/c1-4-27-15-25-13-20(12-23-25)24-22(26)19-7-5-6-18(11-19)14-28-21-9-8-16(2)10-17(21)3/h5-13H,4,14-15H2,1-3H3,(H,24,26). The molecular formula is C22H25N3O3. The molecule has 0 aliphatic rings. The van der Waals surface area contributed by atoms with Gasteiger partial charge in [-0.25, -0.2) is 4.68 Å². The van der Waals surface area contributed by atoms with Crippen molar-refractivity contribution in [1.29, 1.82) is 0 Å². The summed E-state index contributed by atoms with van der Waals surface area (Å²) in [6.07, 6.45) is 3.34. The average Bonchev–Trinajstić information content (AvgIpc) is 3.13. The summed E-state index contributed by atoms with van der Waals surface area (Å²) < 4.78 is 12.8. The van der Waals surface area contributed by atoms with Gasteiger partial charge in [0.1, 0.15) is 19.1 Å². The zero-order valence-electron chi connectivity index (χ0n) is 16.4. The molecule has 0 saturated carbocycles. The summed E-state index contributed by atoms with van der Waals surface area (Å²) in [6, 6.07) is 13.5. The van der Waals surface area contributed by atoms with Gasteiger partial charge in [0, 0.05) is 12.2 Å². The number of rotatable bonds is 8. The van der Waals surface area contributed by atoms with Crippen LogP contribution in [-0.2, 0) is 18.1 Å². The van der Waals surface area contributed by atoms with Gasteiger partial charge in [-0.2, -0.15) is 5.10 Å². The second-order valence-electron chi connectivity index (χ2n) is 6.60. The van der Waals surface area contributed by atoms with Crippen LogP contribution in [-0.4, -0.2) is 22.3 Å². The number of nitrogens with one attached hydrogen (secondary N) is 1. The van der Waals surface area contributed by atoms with E-state index in [9.17, 15) is 4.79 Å². The van der Waals surface area contributed by atoms with E-state index >= 15 is 0 Å². The normalized spacial score (nSPS) is 10.7. The molecule has 6 heteroatoms. The molecule has 6 nitrogen and oxygen atoms in total. The van der Waals surface area contributed by atoms with Crippen molar-refractivity contribution in [1.82, 2.24) is 9.78 Å². The van der Waals surface area contributed by atoms with Gasteiger partial charge >= 0.3 is 0 Å². The van der Waals surface area contributed by atoms with Gasteiger partial charge in [0.15, 0.2) is 0 Å². The monoisotopic (exact) mass is 379 g/mol. The minimum atomic E-state index is -0.190. The van der Waals surface area contributed by atoms with Gasteiger partial charge in [0.25, 0.3) is 5.91 Å². The molecule has 3 aromatic rings. The molecule has 1 amide bonds. The zero-order valence-corrected chi connectivity index (χ0v) is 16.4. The lowest BCUT2D eigenvalue weighted by Gasteiger charge is -2.11. The first kappa shape index (κ1) is 19.6. The van der Waals surface area contributed by atoms with Crippen LogP contribution >= 0.6 is 0 Å². The molecule has 0 atom stereocenters. The molecule has 3 rings (SSSR count). The minimum Gasteiger partial charge on any atom is -0.489 e. The summed E-state index contributed by atoms with van der Waals surface area (Å²) in [4.78, 5) is 12.5. The van der Waals surface area contributed by atoms with Crippen LogP contribution in [0.15, 0.2) is 54.9 Å². The van der Waals surface area contributed by atoms with E-state index in [1.165, 1.54) is 5.56 Å². The smallest absolute Gasteiger partial charge is 0.255 e. The minimum absolute atomic E-state index is 0.190. The van der Waals surface area contributed by atoms with E-state index in [-0.39, 0.29) is 5.91 Å². The Hall–Kier alpha value is -3.12. The number of aryl methyl sites for hydroxylation is 2. The third-order valence-corrected chi connectivity index (χ3v) is 4.23. The second-order valence-corrected chi connectivity index (χ2v) is 6.60. The fourth-order valence-corrected chi connectivity index (χ4v) is 2.81. The van der Waals surface area contributed by atoms with Crippen LogP contribution in [0.5, 0.6) is 5.75 Å². The summed E-state index contributed by atoms with van der Waals surface area (Å²) in [7, 11) is 0. The fourth-order valence-electron chi connectivity index (χ4n) is 2.81. The number of aromatic nitrogens is 2. The highest BCUT2D eigenvalue weighted by Gasteiger charge is 2.09. The number of carbonyl (C=O) groups excluding carboxylic acids is 1. The maximum atomic E-state index is 12.5. The molecule has 0 bridgehead atoms. The molecule has 0 unspecified atom stereocenters. The molecule has 28 heavy (non-hydrogen) atoms. The first-order valence-electron chi connectivity index (χ1n) is 9.25. The Kier molecular flexibility index (Phi) is 6.45. The molecule has 0 radical (unpaired) electrons. The topological polar surface area (TPSA) is 65.4 Å². The summed E-state index contributed by atoms with van der Waals surface area (Å²) in [5.74, 6) is 0.659. The van der Waals surface area contributed by atoms with Gasteiger partial charge in [-0.3, -0.25) is 4.79 Å². The molecule has 0 aliphatic carbocycles. The molecule has 2 aromatic carbocycles. The number of benzene rings is 2. The Balaban J connectivity index is 1.62. The van der Waals surface area contributed by atoms with Crippen LogP contribution in [0.3, 0.4) is 0 Å². The molecule has 1 N–H and O–H groups in total. The largest absolute Gasteiger partial charge is 0.489 e. The van der Waals surface area contributed by atoms with E-state index < -0.39 is 0 Å². The average molecular weight is 379 g/mol. The van der Waals surface area contributed by atoms with E-state index in [1.54, 1.807) is 23.1 Å². The third-order valence-electron chi connectivity index (χ3n) is 4.23. The van der Waals surface area contributed by atoms with Crippen molar-refractivity contribution in [2.75, 3.05) is 11.9 Å². The highest BCUT2D eigenvalue weighted by Crippen LogP contribution is 2.20. The number of amides is 1. The van der Waals surface area contributed by atoms with Gasteiger partial charge in [0.05, 0.1) is 18.1 Å². The zero-order chi connectivity index (χ0) is 19.9. The van der Waals surface area contributed by atoms with Crippen LogP contribution in [0.2, 0.25) is 0 Å². The highest BCUT2D eigenvalue weighted by atomic mass is 16.5. The van der Waals surface area contributed by atoms with Crippen LogP contribution in [0, 0.1) is 13.8 Å². The first-order valence-corrected chi connectivity index (χ1v) is 9.25. The Morgan fingerprint density at radius 1 is 1.18 bits per heavy atom. The van der Waals surface area contributed by atoms with Crippen LogP contribution < -0.4 is 10.1 Å². The number of anilines is 1. The Morgan fingerprint density at radius 3 is 2.82 bits per heavy atom. The van der Waals surface area contributed by atoms with Crippen molar-refractivity contribution < 1.29 is 14.3 Å². The lowest BCUT2D eigenvalue weighted by molar-refractivity contribution is 0.0792. The lowest BCUT2D eigenvalue weighted by Crippen LogP contribution is -2.12. The fraction of sp³-hybridized carbons (Fsp3) is 0.273. The molecule has 0 saturated heterocycles. The molecule has 1 heterocycles. The van der Waals surface area contributed by atoms with E-state index in [0.29, 0.717) is 31.2 Å². The maximum Gasteiger partial charge on any atom is 0.255 e. The number of nitrogens with zero attached hydrogens (tertiary/aromatic N) is 2. The molecule has 1 aromatic heterocycles. The molecular weight excluding hydrogens is 354 g/mol. The van der Waals surface area contributed by atoms with Crippen molar-refractivity contribution in [3.05, 3.63) is 77.1 Å². The van der Waals surface area contributed by atoms with Crippen molar-refractivity contribution in [2.24, 2.45) is 0 Å². The van der Waals surface area contributed by atoms with Crippen LogP contribution in [0.4, 0.5) is 5.69 Å². The van der Waals surface area contributed by atoms with Crippen molar-refractivity contribution >= 4 is 11.6 Å². The third kappa shape index (κ3) is 5.20. The second kappa shape index (κ2) is 9.19. The molecule has 146 valence electrons. The first-order chi connectivity index (χ1) is 13.5. The summed E-state index contributed by atoms with van der Waals surface area (Å²) >= 11 is 0. The van der Waals surface area contributed by atoms with Crippen LogP contribution in [0.25, 0.3) is 0 Å². The predicted molar refractivity (Wildman–Crippen MR) is 108 cm³/mol. The summed E-state index contributed by atoms with van der Waals surface area (Å²) in [5, 5.41) is 7.01. The maximum absolute atomic E-state index is 12.5. The molecule has 0 fully saturated rings. The van der Waals surface area contributed by atoms with Gasteiger partial charge < -0.3 is 14.8 Å². The SMILES string of the molecule is CCOCn1cc(NC(=O)c2cccc(COc3ccc(C)cc3C)c2)cn1. The number of ether oxygens (including phenoxy) is 2. The van der Waals surface area contributed by atoms with E-state index in [1.807, 2.05) is 44.2 Å². The Bertz CT molecular complexity index is 950. The van der Waals surface area contributed by atoms with Gasteiger partial charge in [0.2, 0.25) is 0 Å². The van der Waals surface area contributed by atoms with Gasteiger partial charge in [-0.1, -0.05) is 29.8 Å². The number of hydrogen-bond acceptors (Lipinski definition) is 4. The van der Waals surface area contributed by atoms with Gasteiger partial charge in [-0.05, 0) is 50.1 Å².